The maximum absolute atomic E-state index is 5.84. The molecule has 0 aliphatic carbocycles. The zero-order valence-electron chi connectivity index (χ0n) is 13.0. The van der Waals surface area contributed by atoms with Gasteiger partial charge in [-0.15, -0.1) is 0 Å². The maximum atomic E-state index is 5.84. The van der Waals surface area contributed by atoms with Gasteiger partial charge in [0.1, 0.15) is 12.4 Å². The summed E-state index contributed by atoms with van der Waals surface area (Å²) in [5.41, 5.74) is 3.59. The monoisotopic (exact) mass is 285 g/mol. The largest absolute Gasteiger partial charge is 0.492 e. The Morgan fingerprint density at radius 3 is 2.86 bits per heavy atom. The lowest BCUT2D eigenvalue weighted by atomic mass is 10.1. The molecule has 2 aromatic rings. The van der Waals surface area contributed by atoms with Crippen LogP contribution in [-0.4, -0.2) is 33.9 Å². The molecule has 4 heteroatoms. The van der Waals surface area contributed by atoms with Crippen LogP contribution >= 0.6 is 0 Å². The Labute approximate surface area is 126 Å². The van der Waals surface area contributed by atoms with Crippen molar-refractivity contribution >= 4 is 0 Å². The first-order valence-electron chi connectivity index (χ1n) is 7.59. The normalized spacial score (nSPS) is 16.9. The van der Waals surface area contributed by atoms with E-state index < -0.39 is 0 Å². The second-order valence-electron chi connectivity index (χ2n) is 5.88. The number of ether oxygens (including phenoxy) is 1. The second-order valence-corrected chi connectivity index (χ2v) is 5.88. The van der Waals surface area contributed by atoms with Crippen LogP contribution in [0, 0.1) is 13.8 Å². The third-order valence-electron chi connectivity index (χ3n) is 4.15. The number of para-hydroxylation sites is 1. The van der Waals surface area contributed by atoms with Crippen LogP contribution in [0.4, 0.5) is 0 Å². The summed E-state index contributed by atoms with van der Waals surface area (Å²) in [6.45, 7) is 9.99. The highest BCUT2D eigenvalue weighted by Crippen LogP contribution is 2.23. The first kappa shape index (κ1) is 14.1. The first-order valence-corrected chi connectivity index (χ1v) is 7.59. The van der Waals surface area contributed by atoms with Crippen molar-refractivity contribution in [2.45, 2.75) is 39.9 Å². The summed E-state index contributed by atoms with van der Waals surface area (Å²) in [5, 5.41) is 4.57. The Morgan fingerprint density at radius 1 is 1.29 bits per heavy atom. The zero-order valence-corrected chi connectivity index (χ0v) is 13.0. The van der Waals surface area contributed by atoms with Gasteiger partial charge in [0.2, 0.25) is 0 Å². The molecule has 1 atom stereocenters. The van der Waals surface area contributed by atoms with E-state index in [0.29, 0.717) is 6.04 Å². The van der Waals surface area contributed by atoms with Crippen molar-refractivity contribution in [3.8, 4) is 5.75 Å². The minimum absolute atomic E-state index is 0.428. The molecule has 3 rings (SSSR count). The number of hydrogen-bond donors (Lipinski definition) is 0. The van der Waals surface area contributed by atoms with E-state index in [1.165, 1.54) is 11.3 Å². The second kappa shape index (κ2) is 5.90. The summed E-state index contributed by atoms with van der Waals surface area (Å²) in [6.07, 6.45) is 0. The van der Waals surface area contributed by atoms with Crippen LogP contribution in [0.5, 0.6) is 5.75 Å². The fourth-order valence-corrected chi connectivity index (χ4v) is 2.95. The lowest BCUT2D eigenvalue weighted by molar-refractivity contribution is 0.161. The number of aryl methyl sites for hydroxylation is 2. The average Bonchev–Trinajstić information content (AvgIpc) is 2.67. The molecule has 1 aliphatic heterocycles. The SMILES string of the molecule is Cc1cc(C)n(C[C@H](C)N2CCOc3ccccc3C2)n1. The molecule has 0 amide bonds. The first-order chi connectivity index (χ1) is 10.1. The van der Waals surface area contributed by atoms with Crippen molar-refractivity contribution in [3.63, 3.8) is 0 Å². The maximum Gasteiger partial charge on any atom is 0.123 e. The van der Waals surface area contributed by atoms with E-state index in [1.54, 1.807) is 0 Å². The Hall–Kier alpha value is -1.81. The molecule has 1 aliphatic rings. The van der Waals surface area contributed by atoms with Crippen LogP contribution < -0.4 is 4.74 Å². The van der Waals surface area contributed by atoms with Crippen molar-refractivity contribution in [3.05, 3.63) is 47.3 Å². The zero-order chi connectivity index (χ0) is 14.8. The van der Waals surface area contributed by atoms with Gasteiger partial charge in [-0.3, -0.25) is 9.58 Å². The van der Waals surface area contributed by atoms with Gasteiger partial charge in [-0.1, -0.05) is 18.2 Å². The smallest absolute Gasteiger partial charge is 0.123 e. The van der Waals surface area contributed by atoms with Crippen molar-refractivity contribution in [2.75, 3.05) is 13.2 Å². The molecular weight excluding hydrogens is 262 g/mol. The van der Waals surface area contributed by atoms with Gasteiger partial charge in [-0.05, 0) is 32.9 Å². The summed E-state index contributed by atoms with van der Waals surface area (Å²) in [7, 11) is 0. The molecule has 0 N–H and O–H groups in total. The molecule has 0 unspecified atom stereocenters. The van der Waals surface area contributed by atoms with E-state index in [0.717, 1.165) is 37.7 Å². The van der Waals surface area contributed by atoms with Gasteiger partial charge < -0.3 is 4.74 Å². The molecule has 1 aromatic heterocycles. The van der Waals surface area contributed by atoms with Gasteiger partial charge in [0.15, 0.2) is 0 Å². The fraction of sp³-hybridized carbons (Fsp3) is 0.471. The van der Waals surface area contributed by atoms with E-state index in [9.17, 15) is 0 Å². The van der Waals surface area contributed by atoms with Crippen molar-refractivity contribution in [2.24, 2.45) is 0 Å². The number of aromatic nitrogens is 2. The van der Waals surface area contributed by atoms with E-state index in [4.69, 9.17) is 4.74 Å². The predicted octanol–water partition coefficient (Wildman–Crippen LogP) is 2.78. The van der Waals surface area contributed by atoms with E-state index >= 15 is 0 Å². The summed E-state index contributed by atoms with van der Waals surface area (Å²) < 4.78 is 7.95. The van der Waals surface area contributed by atoms with Crippen LogP contribution in [0.3, 0.4) is 0 Å². The highest BCUT2D eigenvalue weighted by atomic mass is 16.5. The quantitative estimate of drug-likeness (QED) is 0.868. The van der Waals surface area contributed by atoms with Crippen molar-refractivity contribution < 1.29 is 4.74 Å². The molecule has 0 saturated heterocycles. The number of hydrogen-bond acceptors (Lipinski definition) is 3. The molecule has 21 heavy (non-hydrogen) atoms. The Morgan fingerprint density at radius 2 is 2.10 bits per heavy atom. The molecule has 2 heterocycles. The van der Waals surface area contributed by atoms with Crippen LogP contribution in [0.25, 0.3) is 0 Å². The Bertz CT molecular complexity index is 620. The average molecular weight is 285 g/mol. The summed E-state index contributed by atoms with van der Waals surface area (Å²) in [4.78, 5) is 2.47. The van der Waals surface area contributed by atoms with E-state index in [1.807, 2.05) is 13.0 Å². The number of fused-ring (bicyclic) bond motifs is 1. The minimum atomic E-state index is 0.428. The van der Waals surface area contributed by atoms with Gasteiger partial charge in [0, 0.05) is 30.4 Å². The van der Waals surface area contributed by atoms with Crippen LogP contribution in [0.2, 0.25) is 0 Å². The topological polar surface area (TPSA) is 30.3 Å². The van der Waals surface area contributed by atoms with Crippen LogP contribution in [0.1, 0.15) is 23.9 Å². The number of benzene rings is 1. The van der Waals surface area contributed by atoms with E-state index in [2.05, 4.69) is 52.8 Å². The molecule has 4 nitrogen and oxygen atoms in total. The van der Waals surface area contributed by atoms with Gasteiger partial charge >= 0.3 is 0 Å². The van der Waals surface area contributed by atoms with Gasteiger partial charge in [0.05, 0.1) is 12.2 Å². The fourth-order valence-electron chi connectivity index (χ4n) is 2.95. The van der Waals surface area contributed by atoms with Crippen molar-refractivity contribution in [1.29, 1.82) is 0 Å². The summed E-state index contributed by atoms with van der Waals surface area (Å²) in [6, 6.07) is 10.9. The summed E-state index contributed by atoms with van der Waals surface area (Å²) in [5.74, 6) is 1.03. The lowest BCUT2D eigenvalue weighted by Crippen LogP contribution is -2.37. The van der Waals surface area contributed by atoms with E-state index in [-0.39, 0.29) is 0 Å². The molecule has 112 valence electrons. The molecule has 0 radical (unpaired) electrons. The summed E-state index contributed by atoms with van der Waals surface area (Å²) >= 11 is 0. The highest BCUT2D eigenvalue weighted by molar-refractivity contribution is 5.33. The molecule has 0 saturated carbocycles. The lowest BCUT2D eigenvalue weighted by Gasteiger charge is -2.27. The highest BCUT2D eigenvalue weighted by Gasteiger charge is 2.20. The van der Waals surface area contributed by atoms with Gasteiger partial charge in [-0.2, -0.15) is 5.10 Å². The van der Waals surface area contributed by atoms with Crippen LogP contribution in [-0.2, 0) is 13.1 Å². The Balaban J connectivity index is 1.73. The Kier molecular flexibility index (Phi) is 3.97. The number of nitrogens with zero attached hydrogens (tertiary/aromatic N) is 3. The molecule has 0 fully saturated rings. The molecule has 0 bridgehead atoms. The predicted molar refractivity (Wildman–Crippen MR) is 83.5 cm³/mol. The standard InChI is InChI=1S/C17H23N3O/c1-13-10-14(2)20(18-13)11-15(3)19-8-9-21-17-7-5-4-6-16(17)12-19/h4-7,10,15H,8-9,11-12H2,1-3H3/t15-/m0/s1. The number of rotatable bonds is 3. The van der Waals surface area contributed by atoms with Crippen LogP contribution in [0.15, 0.2) is 30.3 Å². The third-order valence-corrected chi connectivity index (χ3v) is 4.15. The van der Waals surface area contributed by atoms with Gasteiger partial charge in [0.25, 0.3) is 0 Å². The van der Waals surface area contributed by atoms with Crippen molar-refractivity contribution in [1.82, 2.24) is 14.7 Å². The van der Waals surface area contributed by atoms with Gasteiger partial charge in [-0.25, -0.2) is 0 Å². The molecule has 0 spiro atoms. The third kappa shape index (κ3) is 3.10. The molecule has 1 aromatic carbocycles. The molecular formula is C17H23N3O. The minimum Gasteiger partial charge on any atom is -0.492 e.